The van der Waals surface area contributed by atoms with Gasteiger partial charge < -0.3 is 19.0 Å². The summed E-state index contributed by atoms with van der Waals surface area (Å²) in [5, 5.41) is 9.66. The van der Waals surface area contributed by atoms with E-state index in [-0.39, 0.29) is 17.9 Å². The molecule has 128 valence electrons. The predicted molar refractivity (Wildman–Crippen MR) is 90.5 cm³/mol. The average molecular weight is 339 g/mol. The quantitative estimate of drug-likeness (QED) is 0.714. The van der Waals surface area contributed by atoms with Gasteiger partial charge in [-0.25, -0.2) is 9.78 Å². The van der Waals surface area contributed by atoms with E-state index in [1.807, 2.05) is 24.3 Å². The molecule has 0 radical (unpaired) electrons. The van der Waals surface area contributed by atoms with Crippen molar-refractivity contribution in [2.75, 3.05) is 7.11 Å². The number of hydrogen-bond acceptors (Lipinski definition) is 6. The van der Waals surface area contributed by atoms with Gasteiger partial charge in [0.1, 0.15) is 30.1 Å². The molecule has 25 heavy (non-hydrogen) atoms. The Labute approximate surface area is 144 Å². The molecule has 0 fully saturated rings. The predicted octanol–water partition coefficient (Wildman–Crippen LogP) is 3.72. The molecule has 0 bridgehead atoms. The summed E-state index contributed by atoms with van der Waals surface area (Å²) in [6.45, 7) is 1.73. The van der Waals surface area contributed by atoms with Crippen molar-refractivity contribution in [1.29, 1.82) is 0 Å². The average Bonchev–Trinajstić information content (AvgIpc) is 3.11. The third kappa shape index (κ3) is 3.80. The number of methoxy groups -OCH3 is 1. The first-order chi connectivity index (χ1) is 12.1. The third-order valence-electron chi connectivity index (χ3n) is 3.68. The number of hydrogen-bond donors (Lipinski definition) is 1. The van der Waals surface area contributed by atoms with Crippen molar-refractivity contribution in [1.82, 2.24) is 4.98 Å². The molecule has 1 aromatic heterocycles. The zero-order chi connectivity index (χ0) is 17.8. The molecule has 0 saturated heterocycles. The molecule has 0 aliphatic rings. The fourth-order valence-corrected chi connectivity index (χ4v) is 2.20. The van der Waals surface area contributed by atoms with E-state index >= 15 is 0 Å². The molecule has 1 N–H and O–H groups in total. The summed E-state index contributed by atoms with van der Waals surface area (Å²) >= 11 is 0. The highest BCUT2D eigenvalue weighted by Gasteiger charge is 2.12. The van der Waals surface area contributed by atoms with Gasteiger partial charge in [0.25, 0.3) is 0 Å². The van der Waals surface area contributed by atoms with E-state index in [0.717, 1.165) is 11.3 Å². The third-order valence-corrected chi connectivity index (χ3v) is 3.68. The topological polar surface area (TPSA) is 81.8 Å². The molecule has 0 aliphatic heterocycles. The summed E-state index contributed by atoms with van der Waals surface area (Å²) in [6, 6.07) is 11.9. The van der Waals surface area contributed by atoms with Gasteiger partial charge in [-0.15, -0.1) is 0 Å². The van der Waals surface area contributed by atoms with E-state index in [9.17, 15) is 9.90 Å². The van der Waals surface area contributed by atoms with Crippen LogP contribution in [0.1, 0.15) is 21.6 Å². The minimum atomic E-state index is -0.538. The fourth-order valence-electron chi connectivity index (χ4n) is 2.20. The maximum absolute atomic E-state index is 12.0. The van der Waals surface area contributed by atoms with Crippen LogP contribution in [0.5, 0.6) is 11.5 Å². The van der Waals surface area contributed by atoms with Crippen molar-refractivity contribution in [3.63, 3.8) is 0 Å². The smallest absolute Gasteiger partial charge is 0.338 e. The van der Waals surface area contributed by atoms with Gasteiger partial charge in [-0.05, 0) is 48.9 Å². The van der Waals surface area contributed by atoms with E-state index in [4.69, 9.17) is 13.9 Å². The lowest BCUT2D eigenvalue weighted by Crippen LogP contribution is -2.05. The fraction of sp³-hybridized carbons (Fsp3) is 0.158. The van der Waals surface area contributed by atoms with Gasteiger partial charge >= 0.3 is 5.97 Å². The molecule has 0 amide bonds. The Kier molecular flexibility index (Phi) is 4.70. The normalized spacial score (nSPS) is 10.5. The van der Waals surface area contributed by atoms with Crippen LogP contribution in [0, 0.1) is 6.92 Å². The molecule has 0 aliphatic carbocycles. The van der Waals surface area contributed by atoms with Crippen LogP contribution in [-0.2, 0) is 11.3 Å². The van der Waals surface area contributed by atoms with Crippen LogP contribution in [0.25, 0.3) is 11.5 Å². The highest BCUT2D eigenvalue weighted by molar-refractivity contribution is 5.90. The lowest BCUT2D eigenvalue weighted by Gasteiger charge is -2.04. The van der Waals surface area contributed by atoms with Crippen LogP contribution in [0.3, 0.4) is 0 Å². The number of carbonyl (C=O) groups excluding carboxylic acids is 1. The van der Waals surface area contributed by atoms with E-state index in [1.54, 1.807) is 26.2 Å². The van der Waals surface area contributed by atoms with Crippen LogP contribution < -0.4 is 4.74 Å². The number of rotatable bonds is 5. The molecule has 1 heterocycles. The van der Waals surface area contributed by atoms with Crippen LogP contribution in [0.4, 0.5) is 0 Å². The van der Waals surface area contributed by atoms with E-state index < -0.39 is 5.97 Å². The number of nitrogens with zero attached hydrogens (tertiary/aromatic N) is 1. The minimum absolute atomic E-state index is 0.0207. The monoisotopic (exact) mass is 339 g/mol. The molecule has 2 aromatic carbocycles. The highest BCUT2D eigenvalue weighted by Crippen LogP contribution is 2.22. The second-order valence-corrected chi connectivity index (χ2v) is 5.45. The first-order valence-electron chi connectivity index (χ1n) is 7.62. The highest BCUT2D eigenvalue weighted by atomic mass is 16.5. The molecular weight excluding hydrogens is 322 g/mol. The number of oxazole rings is 1. The second-order valence-electron chi connectivity index (χ2n) is 5.45. The van der Waals surface area contributed by atoms with Crippen LogP contribution >= 0.6 is 0 Å². The number of benzene rings is 2. The van der Waals surface area contributed by atoms with Crippen molar-refractivity contribution in [3.05, 3.63) is 65.5 Å². The number of esters is 1. The number of phenols is 1. The van der Waals surface area contributed by atoms with E-state index in [1.165, 1.54) is 12.3 Å². The first kappa shape index (κ1) is 16.6. The molecule has 3 rings (SSSR count). The van der Waals surface area contributed by atoms with Crippen molar-refractivity contribution < 1.29 is 23.8 Å². The summed E-state index contributed by atoms with van der Waals surface area (Å²) in [6.07, 6.45) is 1.44. The zero-order valence-electron chi connectivity index (χ0n) is 13.9. The van der Waals surface area contributed by atoms with Crippen molar-refractivity contribution >= 4 is 5.97 Å². The molecule has 6 heteroatoms. The Morgan fingerprint density at radius 1 is 1.20 bits per heavy atom. The summed E-state index contributed by atoms with van der Waals surface area (Å²) in [4.78, 5) is 16.3. The minimum Gasteiger partial charge on any atom is -0.508 e. The summed E-state index contributed by atoms with van der Waals surface area (Å²) < 4.78 is 15.7. The van der Waals surface area contributed by atoms with E-state index in [2.05, 4.69) is 4.98 Å². The summed E-state index contributed by atoms with van der Waals surface area (Å²) in [7, 11) is 1.60. The molecule has 3 aromatic rings. The van der Waals surface area contributed by atoms with Crippen molar-refractivity contribution in [3.8, 4) is 23.0 Å². The van der Waals surface area contributed by atoms with E-state index in [0.29, 0.717) is 17.1 Å². The SMILES string of the molecule is COc1ccc(-c2nc(COC(=O)c3ccc(C)c(O)c3)co2)cc1. The molecule has 0 atom stereocenters. The Bertz CT molecular complexity index is 883. The van der Waals surface area contributed by atoms with Gasteiger partial charge in [0.15, 0.2) is 0 Å². The van der Waals surface area contributed by atoms with Crippen LogP contribution in [0.2, 0.25) is 0 Å². The molecule has 0 saturated carbocycles. The first-order valence-corrected chi connectivity index (χ1v) is 7.62. The molecule has 0 unspecified atom stereocenters. The number of aromatic hydroxyl groups is 1. The molecular formula is C19H17NO5. The van der Waals surface area contributed by atoms with Gasteiger partial charge in [-0.2, -0.15) is 0 Å². The summed E-state index contributed by atoms with van der Waals surface area (Å²) in [5.41, 5.74) is 2.26. The number of aryl methyl sites for hydroxylation is 1. The van der Waals surface area contributed by atoms with Crippen LogP contribution in [-0.4, -0.2) is 23.2 Å². The van der Waals surface area contributed by atoms with Crippen LogP contribution in [0.15, 0.2) is 53.1 Å². The largest absolute Gasteiger partial charge is 0.508 e. The number of ether oxygens (including phenoxy) is 2. The van der Waals surface area contributed by atoms with Crippen molar-refractivity contribution in [2.24, 2.45) is 0 Å². The van der Waals surface area contributed by atoms with Gasteiger partial charge in [0, 0.05) is 5.56 Å². The number of aromatic nitrogens is 1. The standard InChI is InChI=1S/C19H17NO5/c1-12-3-4-14(9-17(12)21)19(22)25-11-15-10-24-18(20-15)13-5-7-16(23-2)8-6-13/h3-10,21H,11H2,1-2H3. The van der Waals surface area contributed by atoms with Gasteiger partial charge in [-0.3, -0.25) is 0 Å². The van der Waals surface area contributed by atoms with Gasteiger partial charge in [-0.1, -0.05) is 6.07 Å². The maximum atomic E-state index is 12.0. The Hall–Kier alpha value is -3.28. The molecule has 6 nitrogen and oxygen atoms in total. The lowest BCUT2D eigenvalue weighted by atomic mass is 10.1. The second kappa shape index (κ2) is 7.09. The number of carbonyl (C=O) groups is 1. The number of phenolic OH excluding ortho intramolecular Hbond substituents is 1. The van der Waals surface area contributed by atoms with Gasteiger partial charge in [0.2, 0.25) is 5.89 Å². The van der Waals surface area contributed by atoms with Gasteiger partial charge in [0.05, 0.1) is 12.7 Å². The lowest BCUT2D eigenvalue weighted by molar-refractivity contribution is 0.0467. The van der Waals surface area contributed by atoms with Crippen molar-refractivity contribution in [2.45, 2.75) is 13.5 Å². The Morgan fingerprint density at radius 3 is 2.64 bits per heavy atom. The zero-order valence-corrected chi connectivity index (χ0v) is 13.9. The molecule has 0 spiro atoms. The Morgan fingerprint density at radius 2 is 1.96 bits per heavy atom. The Balaban J connectivity index is 1.64. The summed E-state index contributed by atoms with van der Waals surface area (Å²) in [5.74, 6) is 0.689. The maximum Gasteiger partial charge on any atom is 0.338 e.